The standard InChI is InChI=1S/C6H12N2O2/c1-6(5(9)8-7)3-2-4-10-6/h2-4,7H2,1H3,(H,8,9)/t6-/m0/s1. The average molecular weight is 144 g/mol. The summed E-state index contributed by atoms with van der Waals surface area (Å²) in [5.41, 5.74) is 1.41. The summed E-state index contributed by atoms with van der Waals surface area (Å²) in [4.78, 5) is 11.0. The van der Waals surface area contributed by atoms with Crippen LogP contribution in [0.25, 0.3) is 0 Å². The Morgan fingerprint density at radius 2 is 2.50 bits per heavy atom. The minimum Gasteiger partial charge on any atom is -0.365 e. The molecule has 1 heterocycles. The van der Waals surface area contributed by atoms with Gasteiger partial charge in [-0.1, -0.05) is 0 Å². The van der Waals surface area contributed by atoms with E-state index in [4.69, 9.17) is 10.6 Å². The van der Waals surface area contributed by atoms with Crippen LogP contribution in [0.5, 0.6) is 0 Å². The van der Waals surface area contributed by atoms with Gasteiger partial charge in [0.1, 0.15) is 5.60 Å². The second-order valence-corrected chi connectivity index (χ2v) is 2.66. The van der Waals surface area contributed by atoms with Crippen molar-refractivity contribution in [1.82, 2.24) is 5.43 Å². The maximum atomic E-state index is 11.0. The zero-order valence-corrected chi connectivity index (χ0v) is 6.02. The van der Waals surface area contributed by atoms with Crippen molar-refractivity contribution < 1.29 is 9.53 Å². The first-order valence-electron chi connectivity index (χ1n) is 3.34. The molecule has 0 spiro atoms. The summed E-state index contributed by atoms with van der Waals surface area (Å²) >= 11 is 0. The lowest BCUT2D eigenvalue weighted by Crippen LogP contribution is -2.46. The molecule has 10 heavy (non-hydrogen) atoms. The Kier molecular flexibility index (Phi) is 1.92. The molecule has 58 valence electrons. The molecule has 0 aliphatic carbocycles. The van der Waals surface area contributed by atoms with E-state index in [-0.39, 0.29) is 5.91 Å². The molecule has 1 atom stereocenters. The lowest BCUT2D eigenvalue weighted by molar-refractivity contribution is -0.139. The van der Waals surface area contributed by atoms with Gasteiger partial charge in [-0.2, -0.15) is 0 Å². The van der Waals surface area contributed by atoms with Crippen LogP contribution in [0.1, 0.15) is 19.8 Å². The van der Waals surface area contributed by atoms with E-state index >= 15 is 0 Å². The van der Waals surface area contributed by atoms with Gasteiger partial charge in [0.05, 0.1) is 0 Å². The third-order valence-electron chi connectivity index (χ3n) is 1.83. The molecule has 1 aliphatic heterocycles. The van der Waals surface area contributed by atoms with Gasteiger partial charge in [-0.15, -0.1) is 0 Å². The number of nitrogens with one attached hydrogen (secondary N) is 1. The molecule has 1 saturated heterocycles. The predicted molar refractivity (Wildman–Crippen MR) is 35.9 cm³/mol. The molecule has 1 rings (SSSR count). The van der Waals surface area contributed by atoms with Crippen LogP contribution >= 0.6 is 0 Å². The number of rotatable bonds is 1. The van der Waals surface area contributed by atoms with Crippen molar-refractivity contribution in [2.45, 2.75) is 25.4 Å². The first-order chi connectivity index (χ1) is 4.69. The van der Waals surface area contributed by atoms with Crippen molar-refractivity contribution in [1.29, 1.82) is 0 Å². The van der Waals surface area contributed by atoms with Crippen LogP contribution in [0.4, 0.5) is 0 Å². The molecular formula is C6H12N2O2. The fourth-order valence-electron chi connectivity index (χ4n) is 1.11. The topological polar surface area (TPSA) is 64.4 Å². The monoisotopic (exact) mass is 144 g/mol. The quantitative estimate of drug-likeness (QED) is 0.297. The molecule has 3 N–H and O–H groups in total. The van der Waals surface area contributed by atoms with Gasteiger partial charge in [-0.25, -0.2) is 5.84 Å². The van der Waals surface area contributed by atoms with Gasteiger partial charge in [-0.05, 0) is 19.8 Å². The number of hydrogen-bond donors (Lipinski definition) is 2. The second kappa shape index (κ2) is 2.56. The van der Waals surface area contributed by atoms with Crippen LogP contribution in [0.15, 0.2) is 0 Å². The predicted octanol–water partition coefficient (Wildman–Crippen LogP) is -0.455. The van der Waals surface area contributed by atoms with Gasteiger partial charge >= 0.3 is 0 Å². The van der Waals surface area contributed by atoms with E-state index in [1.54, 1.807) is 6.92 Å². The SMILES string of the molecule is C[C@@]1(C(=O)NN)CCCO1. The number of amides is 1. The van der Waals surface area contributed by atoms with E-state index in [2.05, 4.69) is 5.43 Å². The van der Waals surface area contributed by atoms with Crippen molar-refractivity contribution in [3.05, 3.63) is 0 Å². The molecule has 1 fully saturated rings. The molecule has 0 aromatic heterocycles. The first kappa shape index (κ1) is 7.50. The first-order valence-corrected chi connectivity index (χ1v) is 3.34. The van der Waals surface area contributed by atoms with Crippen LogP contribution in [0.2, 0.25) is 0 Å². The van der Waals surface area contributed by atoms with Crippen LogP contribution in [0.3, 0.4) is 0 Å². The maximum absolute atomic E-state index is 11.0. The molecule has 0 unspecified atom stereocenters. The summed E-state index contributed by atoms with van der Waals surface area (Å²) in [5, 5.41) is 0. The fourth-order valence-corrected chi connectivity index (χ4v) is 1.11. The second-order valence-electron chi connectivity index (χ2n) is 2.66. The van der Waals surface area contributed by atoms with Gasteiger partial charge in [0, 0.05) is 6.61 Å². The Morgan fingerprint density at radius 1 is 1.80 bits per heavy atom. The number of hydrazine groups is 1. The summed E-state index contributed by atoms with van der Waals surface area (Å²) < 4.78 is 5.20. The van der Waals surface area contributed by atoms with Crippen LogP contribution in [0, 0.1) is 0 Å². The molecule has 0 bridgehead atoms. The molecule has 1 amide bonds. The highest BCUT2D eigenvalue weighted by Crippen LogP contribution is 2.24. The summed E-state index contributed by atoms with van der Waals surface area (Å²) in [6.07, 6.45) is 1.69. The zero-order chi connectivity index (χ0) is 7.61. The third-order valence-corrected chi connectivity index (χ3v) is 1.83. The lowest BCUT2D eigenvalue weighted by Gasteiger charge is -2.19. The van der Waals surface area contributed by atoms with E-state index in [1.165, 1.54) is 0 Å². The largest absolute Gasteiger partial charge is 0.365 e. The zero-order valence-electron chi connectivity index (χ0n) is 6.02. The number of nitrogens with two attached hydrogens (primary N) is 1. The number of ether oxygens (including phenoxy) is 1. The van der Waals surface area contributed by atoms with E-state index in [0.29, 0.717) is 6.61 Å². The van der Waals surface area contributed by atoms with Gasteiger partial charge in [0.25, 0.3) is 5.91 Å². The van der Waals surface area contributed by atoms with Crippen molar-refractivity contribution in [3.8, 4) is 0 Å². The van der Waals surface area contributed by atoms with Crippen molar-refractivity contribution in [2.24, 2.45) is 5.84 Å². The Labute approximate surface area is 59.7 Å². The Balaban J connectivity index is 2.58. The van der Waals surface area contributed by atoms with E-state index < -0.39 is 5.60 Å². The summed E-state index contributed by atoms with van der Waals surface area (Å²) in [7, 11) is 0. The van der Waals surface area contributed by atoms with E-state index in [1.807, 2.05) is 0 Å². The Morgan fingerprint density at radius 3 is 2.90 bits per heavy atom. The van der Waals surface area contributed by atoms with Gasteiger partial charge in [0.15, 0.2) is 0 Å². The maximum Gasteiger partial charge on any atom is 0.265 e. The van der Waals surface area contributed by atoms with E-state index in [0.717, 1.165) is 12.8 Å². The molecule has 0 saturated carbocycles. The van der Waals surface area contributed by atoms with Crippen LogP contribution in [-0.4, -0.2) is 18.1 Å². The fraction of sp³-hybridized carbons (Fsp3) is 0.833. The molecular weight excluding hydrogens is 132 g/mol. The summed E-state index contributed by atoms with van der Waals surface area (Å²) in [5.74, 6) is 4.73. The van der Waals surface area contributed by atoms with Crippen LogP contribution < -0.4 is 11.3 Å². The lowest BCUT2D eigenvalue weighted by atomic mass is 10.0. The highest BCUT2D eigenvalue weighted by atomic mass is 16.5. The highest BCUT2D eigenvalue weighted by molar-refractivity contribution is 5.84. The Hall–Kier alpha value is -0.610. The van der Waals surface area contributed by atoms with Gasteiger partial charge in [-0.3, -0.25) is 10.2 Å². The number of hydrogen-bond acceptors (Lipinski definition) is 3. The molecule has 0 radical (unpaired) electrons. The highest BCUT2D eigenvalue weighted by Gasteiger charge is 2.36. The van der Waals surface area contributed by atoms with Gasteiger partial charge in [0.2, 0.25) is 0 Å². The molecule has 4 nitrogen and oxygen atoms in total. The smallest absolute Gasteiger partial charge is 0.265 e. The third kappa shape index (κ3) is 1.12. The normalized spacial score (nSPS) is 32.2. The number of carbonyl (C=O) groups excluding carboxylic acids is 1. The molecule has 0 aromatic carbocycles. The summed E-state index contributed by atoms with van der Waals surface area (Å²) in [6.45, 7) is 2.41. The van der Waals surface area contributed by atoms with Crippen molar-refractivity contribution in [2.75, 3.05) is 6.61 Å². The summed E-state index contributed by atoms with van der Waals surface area (Å²) in [6, 6.07) is 0. The molecule has 1 aliphatic rings. The van der Waals surface area contributed by atoms with Crippen molar-refractivity contribution in [3.63, 3.8) is 0 Å². The minimum atomic E-state index is -0.672. The molecule has 4 heteroatoms. The number of carbonyl (C=O) groups is 1. The minimum absolute atomic E-state index is 0.231. The molecule has 0 aromatic rings. The van der Waals surface area contributed by atoms with Gasteiger partial charge < -0.3 is 4.74 Å². The average Bonchev–Trinajstić information content (AvgIpc) is 2.36. The Bertz CT molecular complexity index is 141. The van der Waals surface area contributed by atoms with Crippen molar-refractivity contribution >= 4 is 5.91 Å². The van der Waals surface area contributed by atoms with E-state index in [9.17, 15) is 4.79 Å². The van der Waals surface area contributed by atoms with Crippen LogP contribution in [-0.2, 0) is 9.53 Å².